The van der Waals surface area contributed by atoms with E-state index < -0.39 is 44.7 Å². The molecule has 0 aromatic heterocycles. The molecule has 0 heterocycles. The van der Waals surface area contributed by atoms with Gasteiger partial charge in [-0.05, 0) is 6.92 Å². The molecular formula is C9H16N2O6S. The minimum absolute atomic E-state index is 0.549. The predicted octanol–water partition coefficient (Wildman–Crippen LogP) is -1.21. The number of rotatable bonds is 5. The van der Waals surface area contributed by atoms with Crippen molar-refractivity contribution in [2.24, 2.45) is 11.7 Å². The second kappa shape index (κ2) is 6.34. The van der Waals surface area contributed by atoms with Gasteiger partial charge in [0, 0.05) is 0 Å². The number of carbonyl (C=O) groups is 3. The zero-order valence-electron chi connectivity index (χ0n) is 10.3. The van der Waals surface area contributed by atoms with Crippen molar-refractivity contribution in [3.63, 3.8) is 0 Å². The monoisotopic (exact) mass is 280 g/mol. The van der Waals surface area contributed by atoms with Crippen LogP contribution in [0.3, 0.4) is 0 Å². The molecule has 0 spiro atoms. The number of hydrogen-bond donors (Lipinski definition) is 2. The third kappa shape index (κ3) is 4.70. The summed E-state index contributed by atoms with van der Waals surface area (Å²) in [7, 11) is -2.75. The van der Waals surface area contributed by atoms with Crippen LogP contribution in [0.25, 0.3) is 0 Å². The van der Waals surface area contributed by atoms with Crippen molar-refractivity contribution in [1.29, 1.82) is 0 Å². The van der Waals surface area contributed by atoms with Gasteiger partial charge in [0.2, 0.25) is 5.91 Å². The van der Waals surface area contributed by atoms with Crippen LogP contribution < -0.4 is 11.1 Å². The van der Waals surface area contributed by atoms with Gasteiger partial charge in [-0.3, -0.25) is 14.9 Å². The molecule has 104 valence electrons. The summed E-state index contributed by atoms with van der Waals surface area (Å²) in [5, 5.41) is 0.195. The molecule has 0 aliphatic rings. The number of sulfone groups is 1. The molecular weight excluding hydrogens is 264 g/mol. The highest BCUT2D eigenvalue weighted by Crippen LogP contribution is 2.09. The van der Waals surface area contributed by atoms with E-state index in [1.807, 2.05) is 0 Å². The maximum atomic E-state index is 11.8. The number of nitrogens with two attached hydrogens (primary N) is 1. The molecule has 9 heteroatoms. The summed E-state index contributed by atoms with van der Waals surface area (Å²) < 4.78 is 27.9. The van der Waals surface area contributed by atoms with Gasteiger partial charge in [0.25, 0.3) is 0 Å². The van der Waals surface area contributed by atoms with Crippen LogP contribution in [0.5, 0.6) is 0 Å². The van der Waals surface area contributed by atoms with E-state index >= 15 is 0 Å². The van der Waals surface area contributed by atoms with E-state index in [-0.39, 0.29) is 0 Å². The molecule has 0 fully saturated rings. The summed E-state index contributed by atoms with van der Waals surface area (Å²) in [6, 6.07) is -1.14. The molecule has 18 heavy (non-hydrogen) atoms. The number of ether oxygens (including phenoxy) is 1. The van der Waals surface area contributed by atoms with Crippen LogP contribution in [0.15, 0.2) is 0 Å². The minimum Gasteiger partial charge on any atom is -0.469 e. The molecule has 0 rings (SSSR count). The molecule has 3 amide bonds. The Hall–Kier alpha value is -1.64. The van der Waals surface area contributed by atoms with Crippen LogP contribution in [-0.4, -0.2) is 44.4 Å². The lowest BCUT2D eigenvalue weighted by atomic mass is 10.2. The number of esters is 1. The van der Waals surface area contributed by atoms with E-state index in [9.17, 15) is 22.8 Å². The van der Waals surface area contributed by atoms with E-state index in [4.69, 9.17) is 5.73 Å². The molecule has 0 saturated heterocycles. The normalized spacial score (nSPS) is 14.4. The Morgan fingerprint density at radius 2 is 1.78 bits per heavy atom. The average molecular weight is 280 g/mol. The zero-order valence-corrected chi connectivity index (χ0v) is 11.1. The molecule has 0 aliphatic heterocycles. The van der Waals surface area contributed by atoms with E-state index in [2.05, 4.69) is 4.74 Å². The molecule has 0 radical (unpaired) electrons. The molecule has 0 aromatic carbocycles. The maximum absolute atomic E-state index is 11.8. The molecule has 0 bridgehead atoms. The van der Waals surface area contributed by atoms with Gasteiger partial charge in [0.1, 0.15) is 5.25 Å². The smallest absolute Gasteiger partial charge is 0.318 e. The number of primary amides is 1. The van der Waals surface area contributed by atoms with Crippen molar-refractivity contribution in [2.75, 3.05) is 12.9 Å². The fourth-order valence-corrected chi connectivity index (χ4v) is 2.65. The molecule has 0 aliphatic carbocycles. The van der Waals surface area contributed by atoms with Gasteiger partial charge in [0.15, 0.2) is 9.84 Å². The Kier molecular flexibility index (Phi) is 5.76. The number of urea groups is 1. The van der Waals surface area contributed by atoms with Crippen molar-refractivity contribution >= 4 is 27.7 Å². The lowest BCUT2D eigenvalue weighted by Gasteiger charge is -2.14. The van der Waals surface area contributed by atoms with E-state index in [1.165, 1.54) is 6.92 Å². The molecule has 0 aromatic rings. The lowest BCUT2D eigenvalue weighted by Crippen LogP contribution is -2.45. The molecule has 0 saturated carbocycles. The first-order valence-corrected chi connectivity index (χ1v) is 6.73. The molecule has 2 atom stereocenters. The number of amides is 3. The van der Waals surface area contributed by atoms with Gasteiger partial charge < -0.3 is 10.5 Å². The van der Waals surface area contributed by atoms with Crippen LogP contribution in [0.4, 0.5) is 4.79 Å². The lowest BCUT2D eigenvalue weighted by molar-refractivity contribution is -0.144. The Labute approximate surface area is 105 Å². The van der Waals surface area contributed by atoms with Crippen molar-refractivity contribution in [3.05, 3.63) is 0 Å². The fourth-order valence-electron chi connectivity index (χ4n) is 1.15. The predicted molar refractivity (Wildman–Crippen MR) is 62.2 cm³/mol. The van der Waals surface area contributed by atoms with Crippen LogP contribution in [0, 0.1) is 5.92 Å². The summed E-state index contributed by atoms with van der Waals surface area (Å²) in [4.78, 5) is 32.9. The summed E-state index contributed by atoms with van der Waals surface area (Å²) in [5.41, 5.74) is 4.71. The highest BCUT2D eigenvalue weighted by Gasteiger charge is 2.32. The van der Waals surface area contributed by atoms with Gasteiger partial charge >= 0.3 is 12.0 Å². The molecule has 8 nitrogen and oxygen atoms in total. The minimum atomic E-state index is -3.88. The molecule has 2 unspecified atom stereocenters. The fraction of sp³-hybridized carbons (Fsp3) is 0.667. The number of imide groups is 1. The van der Waals surface area contributed by atoms with E-state index in [1.54, 1.807) is 5.32 Å². The Bertz CT molecular complexity index is 444. The first kappa shape index (κ1) is 16.4. The summed E-state index contributed by atoms with van der Waals surface area (Å²) in [6.45, 7) is 2.47. The van der Waals surface area contributed by atoms with E-state index in [0.717, 1.165) is 14.0 Å². The summed E-state index contributed by atoms with van der Waals surface area (Å²) >= 11 is 0. The van der Waals surface area contributed by atoms with Crippen LogP contribution >= 0.6 is 0 Å². The average Bonchev–Trinajstić information content (AvgIpc) is 2.25. The Morgan fingerprint density at radius 3 is 2.17 bits per heavy atom. The Morgan fingerprint density at radius 1 is 1.28 bits per heavy atom. The standard InChI is InChI=1S/C9H16N2O6S/c1-5(8(13)17-3)4-18(15,16)6(2)7(12)11-9(10)14/h5-6H,4H2,1-3H3,(H3,10,11,12,14). The van der Waals surface area contributed by atoms with Gasteiger partial charge in [-0.15, -0.1) is 0 Å². The van der Waals surface area contributed by atoms with E-state index in [0.29, 0.717) is 0 Å². The Balaban J connectivity index is 4.78. The third-order valence-corrected chi connectivity index (χ3v) is 4.50. The number of carbonyl (C=O) groups excluding carboxylic acids is 3. The highest BCUT2D eigenvalue weighted by atomic mass is 32.2. The van der Waals surface area contributed by atoms with Crippen molar-refractivity contribution in [3.8, 4) is 0 Å². The van der Waals surface area contributed by atoms with Gasteiger partial charge in [-0.2, -0.15) is 0 Å². The highest BCUT2D eigenvalue weighted by molar-refractivity contribution is 7.92. The number of nitrogens with one attached hydrogen (secondary N) is 1. The van der Waals surface area contributed by atoms with Crippen molar-refractivity contribution in [2.45, 2.75) is 19.1 Å². The van der Waals surface area contributed by atoms with Crippen LogP contribution in [0.2, 0.25) is 0 Å². The van der Waals surface area contributed by atoms with Gasteiger partial charge in [-0.1, -0.05) is 6.92 Å². The second-order valence-corrected chi connectivity index (χ2v) is 6.12. The third-order valence-electron chi connectivity index (χ3n) is 2.24. The summed E-state index contributed by atoms with van der Waals surface area (Å²) in [6.07, 6.45) is 0. The van der Waals surface area contributed by atoms with Crippen LogP contribution in [-0.2, 0) is 24.2 Å². The first-order valence-electron chi connectivity index (χ1n) is 5.01. The second-order valence-electron chi connectivity index (χ2n) is 3.75. The topological polar surface area (TPSA) is 133 Å². The van der Waals surface area contributed by atoms with Gasteiger partial charge in [0.05, 0.1) is 18.8 Å². The maximum Gasteiger partial charge on any atom is 0.318 e. The zero-order chi connectivity index (χ0) is 14.5. The summed E-state index contributed by atoms with van der Waals surface area (Å²) in [5.74, 6) is -3.17. The van der Waals surface area contributed by atoms with Crippen molar-refractivity contribution < 1.29 is 27.5 Å². The number of methoxy groups -OCH3 is 1. The largest absolute Gasteiger partial charge is 0.469 e. The first-order chi connectivity index (χ1) is 8.11. The quantitative estimate of drug-likeness (QED) is 0.607. The van der Waals surface area contributed by atoms with Gasteiger partial charge in [-0.25, -0.2) is 13.2 Å². The molecule has 3 N–H and O–H groups in total. The van der Waals surface area contributed by atoms with Crippen molar-refractivity contribution in [1.82, 2.24) is 5.32 Å². The van der Waals surface area contributed by atoms with Crippen LogP contribution in [0.1, 0.15) is 13.8 Å². The SMILES string of the molecule is COC(=O)C(C)CS(=O)(=O)C(C)C(=O)NC(N)=O. The number of hydrogen-bond acceptors (Lipinski definition) is 6.